The summed E-state index contributed by atoms with van der Waals surface area (Å²) in [7, 11) is 3.02. The van der Waals surface area contributed by atoms with Crippen molar-refractivity contribution in [3.05, 3.63) is 95.7 Å². The van der Waals surface area contributed by atoms with Crippen LogP contribution in [0.3, 0.4) is 0 Å². The van der Waals surface area contributed by atoms with Crippen LogP contribution in [-0.4, -0.2) is 37.3 Å². The highest BCUT2D eigenvalue weighted by Crippen LogP contribution is 2.40. The van der Waals surface area contributed by atoms with Gasteiger partial charge in [-0.05, 0) is 44.2 Å². The van der Waals surface area contributed by atoms with Crippen molar-refractivity contribution in [3.63, 3.8) is 0 Å². The van der Waals surface area contributed by atoms with Gasteiger partial charge in [-0.25, -0.2) is 9.59 Å². The number of hydrogen-bond donors (Lipinski definition) is 0. The van der Waals surface area contributed by atoms with Gasteiger partial charge in [0, 0.05) is 33.6 Å². The van der Waals surface area contributed by atoms with Gasteiger partial charge in [0.1, 0.15) is 22.8 Å². The molecule has 0 saturated carbocycles. The van der Waals surface area contributed by atoms with Crippen molar-refractivity contribution in [1.82, 2.24) is 4.57 Å². The van der Waals surface area contributed by atoms with Gasteiger partial charge in [-0.2, -0.15) is 0 Å². The summed E-state index contributed by atoms with van der Waals surface area (Å²) in [5.74, 6) is 0.187. The minimum Gasteiger partial charge on any atom is -0.497 e. The lowest BCUT2D eigenvalue weighted by atomic mass is 10.0. The Hall–Kier alpha value is -4.78. The van der Waals surface area contributed by atoms with Crippen LogP contribution in [-0.2, 0) is 4.74 Å². The molecule has 0 radical (unpaired) electrons. The molecular weight excluding hydrogens is 482 g/mol. The Balaban J connectivity index is 1.75. The molecule has 7 heteroatoms. The summed E-state index contributed by atoms with van der Waals surface area (Å²) >= 11 is 0. The first kappa shape index (κ1) is 24.9. The van der Waals surface area contributed by atoms with Crippen LogP contribution in [0.15, 0.2) is 78.9 Å². The van der Waals surface area contributed by atoms with Crippen molar-refractivity contribution in [2.45, 2.75) is 13.8 Å². The molecule has 38 heavy (non-hydrogen) atoms. The van der Waals surface area contributed by atoms with Crippen LogP contribution in [0.25, 0.3) is 27.4 Å². The SMILES string of the molecule is CCOC(=O)c1c(C)n(-c2ccccc2)c2c1cc(OC(=O)c1ccc(OC)cc1OC)c1ccccc12. The van der Waals surface area contributed by atoms with Gasteiger partial charge in [0.15, 0.2) is 0 Å². The number of fused-ring (bicyclic) bond motifs is 3. The number of para-hydroxylation sites is 1. The fourth-order valence-electron chi connectivity index (χ4n) is 4.80. The molecule has 5 aromatic rings. The molecule has 0 bridgehead atoms. The molecule has 1 aromatic heterocycles. The molecule has 0 unspecified atom stereocenters. The maximum Gasteiger partial charge on any atom is 0.347 e. The summed E-state index contributed by atoms with van der Waals surface area (Å²) < 4.78 is 24.1. The van der Waals surface area contributed by atoms with E-state index in [0.29, 0.717) is 28.2 Å². The number of methoxy groups -OCH3 is 2. The van der Waals surface area contributed by atoms with E-state index in [2.05, 4.69) is 0 Å². The van der Waals surface area contributed by atoms with Crippen molar-refractivity contribution >= 4 is 33.6 Å². The second kappa shape index (κ2) is 10.3. The lowest BCUT2D eigenvalue weighted by Crippen LogP contribution is -2.11. The van der Waals surface area contributed by atoms with Crippen LogP contribution in [0, 0.1) is 6.92 Å². The second-order valence-corrected chi connectivity index (χ2v) is 8.62. The normalized spacial score (nSPS) is 10.9. The van der Waals surface area contributed by atoms with Gasteiger partial charge in [-0.15, -0.1) is 0 Å². The van der Waals surface area contributed by atoms with E-state index in [1.165, 1.54) is 7.11 Å². The molecule has 0 fully saturated rings. The molecule has 5 rings (SSSR count). The molecule has 0 atom stereocenters. The molecule has 0 saturated heterocycles. The Morgan fingerprint density at radius 3 is 2.16 bits per heavy atom. The first-order valence-corrected chi connectivity index (χ1v) is 12.2. The zero-order chi connectivity index (χ0) is 26.8. The smallest absolute Gasteiger partial charge is 0.347 e. The molecule has 7 nitrogen and oxygen atoms in total. The van der Waals surface area contributed by atoms with Crippen LogP contribution in [0.1, 0.15) is 33.3 Å². The van der Waals surface area contributed by atoms with Gasteiger partial charge in [0.05, 0.1) is 31.9 Å². The number of aromatic nitrogens is 1. The molecule has 1 heterocycles. The molecule has 0 aliphatic heterocycles. The van der Waals surface area contributed by atoms with Gasteiger partial charge in [-0.1, -0.05) is 42.5 Å². The maximum atomic E-state index is 13.3. The summed E-state index contributed by atoms with van der Waals surface area (Å²) in [4.78, 5) is 26.5. The zero-order valence-corrected chi connectivity index (χ0v) is 21.6. The van der Waals surface area contributed by atoms with Crippen LogP contribution >= 0.6 is 0 Å². The number of benzene rings is 4. The largest absolute Gasteiger partial charge is 0.497 e. The summed E-state index contributed by atoms with van der Waals surface area (Å²) in [6, 6.07) is 24.1. The third-order valence-electron chi connectivity index (χ3n) is 6.49. The van der Waals surface area contributed by atoms with E-state index >= 15 is 0 Å². The van der Waals surface area contributed by atoms with Gasteiger partial charge < -0.3 is 23.5 Å². The van der Waals surface area contributed by atoms with Crippen molar-refractivity contribution in [2.24, 2.45) is 0 Å². The monoisotopic (exact) mass is 509 g/mol. The molecule has 192 valence electrons. The van der Waals surface area contributed by atoms with Gasteiger partial charge in [-0.3, -0.25) is 0 Å². The topological polar surface area (TPSA) is 76.0 Å². The number of nitrogens with zero attached hydrogens (tertiary/aromatic N) is 1. The minimum atomic E-state index is -0.592. The predicted molar refractivity (Wildman–Crippen MR) is 146 cm³/mol. The van der Waals surface area contributed by atoms with Crippen LogP contribution in [0.4, 0.5) is 0 Å². The molecule has 0 aliphatic carbocycles. The number of esters is 2. The summed E-state index contributed by atoms with van der Waals surface area (Å²) in [6.07, 6.45) is 0. The predicted octanol–water partition coefficient (Wildman–Crippen LogP) is 6.51. The lowest BCUT2D eigenvalue weighted by Gasteiger charge is -2.14. The molecular formula is C31H27NO6. The Bertz CT molecular complexity index is 1670. The fraction of sp³-hybridized carbons (Fsp3) is 0.161. The summed E-state index contributed by atoms with van der Waals surface area (Å²) in [6.45, 7) is 3.90. The molecule has 0 aliphatic rings. The van der Waals surface area contributed by atoms with Crippen LogP contribution in [0.2, 0.25) is 0 Å². The number of rotatable bonds is 7. The van der Waals surface area contributed by atoms with E-state index in [-0.39, 0.29) is 12.2 Å². The van der Waals surface area contributed by atoms with Gasteiger partial charge >= 0.3 is 11.9 Å². The third-order valence-corrected chi connectivity index (χ3v) is 6.49. The Labute approximate surface area is 220 Å². The Morgan fingerprint density at radius 2 is 1.47 bits per heavy atom. The van der Waals surface area contributed by atoms with E-state index in [4.69, 9.17) is 18.9 Å². The average Bonchev–Trinajstić information content (AvgIpc) is 3.25. The number of hydrogen-bond acceptors (Lipinski definition) is 6. The van der Waals surface area contributed by atoms with E-state index in [1.54, 1.807) is 38.3 Å². The molecule has 4 aromatic carbocycles. The lowest BCUT2D eigenvalue weighted by molar-refractivity contribution is 0.0527. The van der Waals surface area contributed by atoms with Gasteiger partial charge in [0.2, 0.25) is 0 Å². The quantitative estimate of drug-likeness (QED) is 0.184. The summed E-state index contributed by atoms with van der Waals surface area (Å²) in [5, 5.41) is 2.19. The van der Waals surface area contributed by atoms with E-state index in [1.807, 2.05) is 66.1 Å². The standard InChI is InChI=1S/C31H27NO6/c1-5-37-31(34)28-19(2)32(20-11-7-6-8-12-20)29-23-14-10-9-13-22(23)27(18-25(28)29)38-30(33)24-16-15-21(35-3)17-26(24)36-4/h6-18H,5H2,1-4H3. The first-order valence-electron chi connectivity index (χ1n) is 12.2. The Morgan fingerprint density at radius 1 is 0.763 bits per heavy atom. The molecule has 0 N–H and O–H groups in total. The first-order chi connectivity index (χ1) is 18.5. The second-order valence-electron chi connectivity index (χ2n) is 8.62. The van der Waals surface area contributed by atoms with Gasteiger partial charge in [0.25, 0.3) is 0 Å². The maximum absolute atomic E-state index is 13.3. The summed E-state index contributed by atoms with van der Waals surface area (Å²) in [5.41, 5.74) is 3.14. The molecule has 0 spiro atoms. The van der Waals surface area contributed by atoms with Crippen molar-refractivity contribution < 1.29 is 28.5 Å². The highest BCUT2D eigenvalue weighted by molar-refractivity contribution is 6.17. The highest BCUT2D eigenvalue weighted by atomic mass is 16.5. The van der Waals surface area contributed by atoms with Crippen LogP contribution < -0.4 is 14.2 Å². The zero-order valence-electron chi connectivity index (χ0n) is 21.6. The van der Waals surface area contributed by atoms with Crippen molar-refractivity contribution in [2.75, 3.05) is 20.8 Å². The number of carbonyl (C=O) groups excluding carboxylic acids is 2. The van der Waals surface area contributed by atoms with E-state index < -0.39 is 11.9 Å². The average molecular weight is 510 g/mol. The fourth-order valence-corrected chi connectivity index (χ4v) is 4.80. The minimum absolute atomic E-state index is 0.239. The van der Waals surface area contributed by atoms with Crippen LogP contribution in [0.5, 0.6) is 17.2 Å². The number of carbonyl (C=O) groups is 2. The third kappa shape index (κ3) is 4.22. The molecule has 0 amide bonds. The Kier molecular flexibility index (Phi) is 6.75. The van der Waals surface area contributed by atoms with Crippen molar-refractivity contribution in [1.29, 1.82) is 0 Å². The van der Waals surface area contributed by atoms with E-state index in [9.17, 15) is 9.59 Å². The van der Waals surface area contributed by atoms with E-state index in [0.717, 1.165) is 27.7 Å². The van der Waals surface area contributed by atoms with Crippen molar-refractivity contribution in [3.8, 4) is 22.9 Å². The highest BCUT2D eigenvalue weighted by Gasteiger charge is 2.26. The number of ether oxygens (including phenoxy) is 4.